The second kappa shape index (κ2) is 6.35. The van der Waals surface area contributed by atoms with Gasteiger partial charge in [-0.3, -0.25) is 4.79 Å². The molecule has 1 aromatic carbocycles. The van der Waals surface area contributed by atoms with E-state index in [2.05, 4.69) is 10.2 Å². The van der Waals surface area contributed by atoms with Gasteiger partial charge >= 0.3 is 0 Å². The summed E-state index contributed by atoms with van der Waals surface area (Å²) in [5.41, 5.74) is 3.21. The maximum absolute atomic E-state index is 13.0. The molecule has 0 fully saturated rings. The van der Waals surface area contributed by atoms with Crippen LogP contribution in [0.3, 0.4) is 0 Å². The predicted molar refractivity (Wildman–Crippen MR) is 94.6 cm³/mol. The highest BCUT2D eigenvalue weighted by Gasteiger charge is 2.31. The zero-order chi connectivity index (χ0) is 17.4. The molecule has 0 radical (unpaired) electrons. The molecule has 0 bridgehead atoms. The van der Waals surface area contributed by atoms with Crippen LogP contribution in [0.4, 0.5) is 5.82 Å². The second-order valence-corrected chi connectivity index (χ2v) is 6.90. The Bertz CT molecular complexity index is 806. The molecule has 1 aromatic heterocycles. The van der Waals surface area contributed by atoms with Gasteiger partial charge < -0.3 is 14.5 Å². The van der Waals surface area contributed by atoms with E-state index in [4.69, 9.17) is 4.74 Å². The van der Waals surface area contributed by atoms with Crippen LogP contribution < -0.4 is 9.64 Å². The maximum Gasteiger partial charge on any atom is 0.229 e. The smallest absolute Gasteiger partial charge is 0.229 e. The van der Waals surface area contributed by atoms with Crippen molar-refractivity contribution in [1.29, 1.82) is 0 Å². The summed E-state index contributed by atoms with van der Waals surface area (Å²) in [7, 11) is 3.89. The number of ether oxygens (including phenoxy) is 1. The van der Waals surface area contributed by atoms with Crippen LogP contribution in [0.15, 0.2) is 30.3 Å². The Balaban J connectivity index is 1.50. The van der Waals surface area contributed by atoms with Gasteiger partial charge in [-0.05, 0) is 29.7 Å². The van der Waals surface area contributed by atoms with Gasteiger partial charge in [-0.1, -0.05) is 18.2 Å². The third-order valence-electron chi connectivity index (χ3n) is 4.92. The summed E-state index contributed by atoms with van der Waals surface area (Å²) < 4.78 is 5.79. The van der Waals surface area contributed by atoms with Gasteiger partial charge in [-0.15, -0.1) is 5.10 Å². The lowest BCUT2D eigenvalue weighted by Gasteiger charge is -2.33. The van der Waals surface area contributed by atoms with Gasteiger partial charge in [0.05, 0.1) is 11.6 Å². The average molecular weight is 338 g/mol. The van der Waals surface area contributed by atoms with Crippen molar-refractivity contribution < 1.29 is 9.53 Å². The largest absolute Gasteiger partial charge is 0.492 e. The number of fused-ring (bicyclic) bond motifs is 2. The quantitative estimate of drug-likeness (QED) is 0.834. The van der Waals surface area contributed by atoms with E-state index in [9.17, 15) is 4.79 Å². The minimum Gasteiger partial charge on any atom is -0.492 e. The van der Waals surface area contributed by atoms with E-state index in [0.717, 1.165) is 41.2 Å². The highest BCUT2D eigenvalue weighted by molar-refractivity contribution is 5.80. The summed E-state index contributed by atoms with van der Waals surface area (Å²) in [6.07, 6.45) is 1.50. The molecular formula is C19H22N4O2. The summed E-state index contributed by atoms with van der Waals surface area (Å²) in [5.74, 6) is 1.78. The maximum atomic E-state index is 13.0. The third kappa shape index (κ3) is 3.04. The summed E-state index contributed by atoms with van der Waals surface area (Å²) in [6.45, 7) is 1.75. The van der Waals surface area contributed by atoms with E-state index in [-0.39, 0.29) is 11.8 Å². The van der Waals surface area contributed by atoms with Crippen molar-refractivity contribution in [1.82, 2.24) is 15.1 Å². The zero-order valence-electron chi connectivity index (χ0n) is 14.6. The van der Waals surface area contributed by atoms with Gasteiger partial charge in [-0.25, -0.2) is 0 Å². The third-order valence-corrected chi connectivity index (χ3v) is 4.92. The summed E-state index contributed by atoms with van der Waals surface area (Å²) in [5, 5.41) is 8.55. The Morgan fingerprint density at radius 3 is 2.92 bits per heavy atom. The number of para-hydroxylation sites is 1. The number of benzene rings is 1. The topological polar surface area (TPSA) is 58.6 Å². The molecule has 2 aliphatic rings. The number of carbonyl (C=O) groups is 1. The van der Waals surface area contributed by atoms with Crippen LogP contribution in [0.2, 0.25) is 0 Å². The minimum absolute atomic E-state index is 0.112. The van der Waals surface area contributed by atoms with Crippen molar-refractivity contribution in [2.45, 2.75) is 19.4 Å². The number of anilines is 1. The molecule has 6 heteroatoms. The molecule has 0 saturated heterocycles. The molecule has 0 saturated carbocycles. The van der Waals surface area contributed by atoms with Crippen molar-refractivity contribution in [3.05, 3.63) is 47.2 Å². The highest BCUT2D eigenvalue weighted by atomic mass is 16.5. The van der Waals surface area contributed by atoms with Gasteiger partial charge in [0.2, 0.25) is 5.91 Å². The van der Waals surface area contributed by atoms with Crippen LogP contribution in [0.5, 0.6) is 5.75 Å². The van der Waals surface area contributed by atoms with Crippen molar-refractivity contribution >= 4 is 11.7 Å². The lowest BCUT2D eigenvalue weighted by molar-refractivity contribution is -0.137. The van der Waals surface area contributed by atoms with Gasteiger partial charge in [0.25, 0.3) is 0 Å². The van der Waals surface area contributed by atoms with Crippen molar-refractivity contribution in [3.63, 3.8) is 0 Å². The molecule has 0 N–H and O–H groups in total. The fourth-order valence-corrected chi connectivity index (χ4v) is 3.47. The molecule has 4 rings (SSSR count). The van der Waals surface area contributed by atoms with Crippen LogP contribution in [-0.2, 0) is 24.2 Å². The standard InChI is InChI=1S/C19H22N4O2/c1-22(2)18-10-14-11-23(8-7-16(14)20-21-18)19(24)15-9-13-5-3-4-6-17(13)25-12-15/h3-6,10,15H,7-9,11-12H2,1-2H3/t15-/m0/s1. The molecule has 0 unspecified atom stereocenters. The number of carbonyl (C=O) groups excluding carboxylic acids is 1. The van der Waals surface area contributed by atoms with Crippen LogP contribution in [0.1, 0.15) is 16.8 Å². The van der Waals surface area contributed by atoms with E-state index in [1.165, 1.54) is 0 Å². The molecule has 130 valence electrons. The molecule has 2 aromatic rings. The summed E-state index contributed by atoms with van der Waals surface area (Å²) in [6, 6.07) is 10.0. The van der Waals surface area contributed by atoms with E-state index in [1.54, 1.807) is 0 Å². The van der Waals surface area contributed by atoms with E-state index < -0.39 is 0 Å². The Labute approximate surface area is 147 Å². The van der Waals surface area contributed by atoms with Crippen LogP contribution >= 0.6 is 0 Å². The Morgan fingerprint density at radius 1 is 1.24 bits per heavy atom. The number of rotatable bonds is 2. The molecule has 1 atom stereocenters. The van der Waals surface area contributed by atoms with Gasteiger partial charge in [0.15, 0.2) is 5.82 Å². The van der Waals surface area contributed by atoms with Crippen molar-refractivity contribution in [2.75, 3.05) is 32.1 Å². The SMILES string of the molecule is CN(C)c1cc2c(nn1)CCN(C(=O)[C@@H]1COc3ccccc3C1)C2. The highest BCUT2D eigenvalue weighted by Crippen LogP contribution is 2.29. The Morgan fingerprint density at radius 2 is 2.08 bits per heavy atom. The van der Waals surface area contributed by atoms with Crippen molar-refractivity contribution in [2.24, 2.45) is 5.92 Å². The van der Waals surface area contributed by atoms with E-state index >= 15 is 0 Å². The monoisotopic (exact) mass is 338 g/mol. The van der Waals surface area contributed by atoms with E-state index in [0.29, 0.717) is 19.7 Å². The summed E-state index contributed by atoms with van der Waals surface area (Å²) >= 11 is 0. The number of nitrogens with zero attached hydrogens (tertiary/aromatic N) is 4. The van der Waals surface area contributed by atoms with E-state index in [1.807, 2.05) is 54.2 Å². The first kappa shape index (κ1) is 15.9. The molecule has 0 spiro atoms. The predicted octanol–water partition coefficient (Wildman–Crippen LogP) is 1.68. The fraction of sp³-hybridized carbons (Fsp3) is 0.421. The lowest BCUT2D eigenvalue weighted by Crippen LogP contribution is -2.43. The second-order valence-electron chi connectivity index (χ2n) is 6.90. The first-order valence-electron chi connectivity index (χ1n) is 8.64. The number of aromatic nitrogens is 2. The minimum atomic E-state index is -0.112. The lowest BCUT2D eigenvalue weighted by atomic mass is 9.94. The first-order chi connectivity index (χ1) is 12.1. The molecule has 6 nitrogen and oxygen atoms in total. The fourth-order valence-electron chi connectivity index (χ4n) is 3.47. The van der Waals surface area contributed by atoms with Crippen LogP contribution in [0.25, 0.3) is 0 Å². The summed E-state index contributed by atoms with van der Waals surface area (Å²) in [4.78, 5) is 16.9. The number of hydrogen-bond acceptors (Lipinski definition) is 5. The Hall–Kier alpha value is -2.63. The van der Waals surface area contributed by atoms with Crippen LogP contribution in [0, 0.1) is 5.92 Å². The zero-order valence-corrected chi connectivity index (χ0v) is 14.6. The molecular weight excluding hydrogens is 316 g/mol. The molecule has 2 aliphatic heterocycles. The number of amides is 1. The van der Waals surface area contributed by atoms with Gasteiger partial charge in [0, 0.05) is 33.6 Å². The number of hydrogen-bond donors (Lipinski definition) is 0. The van der Waals surface area contributed by atoms with Crippen molar-refractivity contribution in [3.8, 4) is 5.75 Å². The molecule has 3 heterocycles. The molecule has 1 amide bonds. The van der Waals surface area contributed by atoms with Gasteiger partial charge in [0.1, 0.15) is 12.4 Å². The average Bonchev–Trinajstić information content (AvgIpc) is 2.66. The Kier molecular flexibility index (Phi) is 4.03. The molecule has 0 aliphatic carbocycles. The van der Waals surface area contributed by atoms with Crippen LogP contribution in [-0.4, -0.2) is 48.3 Å². The molecule has 25 heavy (non-hydrogen) atoms. The van der Waals surface area contributed by atoms with Gasteiger partial charge in [-0.2, -0.15) is 5.10 Å². The first-order valence-corrected chi connectivity index (χ1v) is 8.64. The normalized spacial score (nSPS) is 18.8.